The van der Waals surface area contributed by atoms with Crippen molar-refractivity contribution in [3.8, 4) is 17.6 Å². The fraction of sp³-hybridized carbons (Fsp3) is 0.107. The van der Waals surface area contributed by atoms with E-state index in [1.807, 2.05) is 79.0 Å². The fourth-order valence-corrected chi connectivity index (χ4v) is 4.63. The van der Waals surface area contributed by atoms with Gasteiger partial charge in [-0.05, 0) is 61.2 Å². The van der Waals surface area contributed by atoms with Crippen LogP contribution >= 0.6 is 11.3 Å². The van der Waals surface area contributed by atoms with Crippen molar-refractivity contribution in [2.24, 2.45) is 0 Å². The molecule has 0 spiro atoms. The number of fused-ring (bicyclic) bond motifs is 1. The molecule has 3 aromatic heterocycles. The number of carbonyl (C=O) groups excluding carboxylic acids is 1. The maximum Gasteiger partial charge on any atom is 0.319 e. The number of amides is 2. The normalized spacial score (nSPS) is 10.6. The lowest BCUT2D eigenvalue weighted by Gasteiger charge is -2.12. The molecule has 0 saturated carbocycles. The second-order valence-corrected chi connectivity index (χ2v) is 9.31. The molecular formula is C28H24N6O2S. The Morgan fingerprint density at radius 1 is 1.08 bits per heavy atom. The van der Waals surface area contributed by atoms with Crippen LogP contribution in [-0.4, -0.2) is 22.2 Å². The number of nitriles is 1. The van der Waals surface area contributed by atoms with Crippen LogP contribution in [0.4, 0.5) is 21.9 Å². The average Bonchev–Trinajstić information content (AvgIpc) is 3.54. The molecule has 0 radical (unpaired) electrons. The first-order valence-corrected chi connectivity index (χ1v) is 12.6. The number of hydrogen-bond acceptors (Lipinski definition) is 6. The lowest BCUT2D eigenvalue weighted by Crippen LogP contribution is -2.30. The molecule has 0 aliphatic heterocycles. The number of hydrogen-bond donors (Lipinski definition) is 3. The van der Waals surface area contributed by atoms with Gasteiger partial charge >= 0.3 is 6.03 Å². The molecule has 0 saturated heterocycles. The van der Waals surface area contributed by atoms with Crippen molar-refractivity contribution in [3.63, 3.8) is 0 Å². The zero-order valence-electron chi connectivity index (χ0n) is 20.1. The van der Waals surface area contributed by atoms with Crippen LogP contribution in [0.3, 0.4) is 0 Å². The summed E-state index contributed by atoms with van der Waals surface area (Å²) in [6, 6.07) is 23.0. The van der Waals surface area contributed by atoms with Crippen LogP contribution in [-0.2, 0) is 6.42 Å². The van der Waals surface area contributed by atoms with Crippen molar-refractivity contribution in [2.75, 3.05) is 17.2 Å². The highest BCUT2D eigenvalue weighted by Gasteiger charge is 2.17. The molecule has 3 heterocycles. The first-order valence-electron chi connectivity index (χ1n) is 11.7. The van der Waals surface area contributed by atoms with E-state index in [-0.39, 0.29) is 6.03 Å². The summed E-state index contributed by atoms with van der Waals surface area (Å²) in [5.41, 5.74) is 3.91. The average molecular weight is 509 g/mol. The number of carbonyl (C=O) groups is 1. The van der Waals surface area contributed by atoms with Gasteiger partial charge < -0.3 is 20.7 Å². The van der Waals surface area contributed by atoms with Gasteiger partial charge in [-0.25, -0.2) is 9.31 Å². The van der Waals surface area contributed by atoms with Crippen molar-refractivity contribution >= 4 is 39.9 Å². The number of aryl methyl sites for hydroxylation is 1. The summed E-state index contributed by atoms with van der Waals surface area (Å²) in [7, 11) is 0. The van der Waals surface area contributed by atoms with E-state index in [0.29, 0.717) is 34.7 Å². The minimum Gasteiger partial charge on any atom is -0.457 e. The van der Waals surface area contributed by atoms with Gasteiger partial charge in [-0.2, -0.15) is 10.4 Å². The van der Waals surface area contributed by atoms with Crippen LogP contribution in [0.2, 0.25) is 0 Å². The minimum atomic E-state index is -0.292. The van der Waals surface area contributed by atoms with Gasteiger partial charge in [-0.15, -0.1) is 11.3 Å². The first kappa shape index (κ1) is 23.9. The van der Waals surface area contributed by atoms with Gasteiger partial charge in [0.05, 0.1) is 34.8 Å². The van der Waals surface area contributed by atoms with E-state index in [1.54, 1.807) is 22.0 Å². The molecule has 3 N–H and O–H groups in total. The van der Waals surface area contributed by atoms with Gasteiger partial charge in [-0.3, -0.25) is 0 Å². The van der Waals surface area contributed by atoms with Crippen LogP contribution in [0, 0.1) is 18.3 Å². The summed E-state index contributed by atoms with van der Waals surface area (Å²) < 4.78 is 7.53. The molecule has 9 heteroatoms. The Kier molecular flexibility index (Phi) is 7.01. The molecule has 0 aliphatic rings. The molecule has 0 fully saturated rings. The van der Waals surface area contributed by atoms with E-state index >= 15 is 0 Å². The zero-order valence-corrected chi connectivity index (χ0v) is 20.9. The third kappa shape index (κ3) is 5.55. The largest absolute Gasteiger partial charge is 0.457 e. The number of urea groups is 1. The number of para-hydroxylation sites is 1. The molecule has 2 aromatic carbocycles. The summed E-state index contributed by atoms with van der Waals surface area (Å²) in [6.07, 6.45) is 4.03. The highest BCUT2D eigenvalue weighted by Crippen LogP contribution is 2.33. The summed E-state index contributed by atoms with van der Waals surface area (Å²) in [5, 5.41) is 25.3. The Bertz CT molecular complexity index is 1550. The third-order valence-electron chi connectivity index (χ3n) is 5.77. The van der Waals surface area contributed by atoms with E-state index in [2.05, 4.69) is 27.1 Å². The Balaban J connectivity index is 1.33. The van der Waals surface area contributed by atoms with E-state index in [1.165, 1.54) is 11.1 Å². The summed E-state index contributed by atoms with van der Waals surface area (Å²) in [4.78, 5) is 13.7. The monoisotopic (exact) mass is 508 g/mol. The van der Waals surface area contributed by atoms with Gasteiger partial charge in [0.2, 0.25) is 0 Å². The van der Waals surface area contributed by atoms with E-state index in [4.69, 9.17) is 4.74 Å². The standard InChI is InChI=1S/C28H24N6O2S/c1-19-25(33-28(35)30-14-13-24-8-5-15-37-24)18-34-27(19)26(20(16-29)17-31-34)32-21-9-11-23(12-10-21)36-22-6-3-2-4-7-22/h2-12,15,17-18,32H,13-14H2,1H3,(H2,30,33,35). The predicted molar refractivity (Wildman–Crippen MR) is 146 cm³/mol. The molecule has 5 aromatic rings. The number of nitrogens with zero attached hydrogens (tertiary/aromatic N) is 3. The SMILES string of the molecule is Cc1c(NC(=O)NCCc2cccs2)cn2ncc(C#N)c(Nc3ccc(Oc4ccccc4)cc3)c12. The number of ether oxygens (including phenoxy) is 1. The van der Waals surface area contributed by atoms with Gasteiger partial charge in [0, 0.05) is 22.7 Å². The zero-order chi connectivity index (χ0) is 25.6. The van der Waals surface area contributed by atoms with Gasteiger partial charge in [0.15, 0.2) is 0 Å². The van der Waals surface area contributed by atoms with Crippen molar-refractivity contribution < 1.29 is 9.53 Å². The van der Waals surface area contributed by atoms with Gasteiger partial charge in [0.1, 0.15) is 17.6 Å². The van der Waals surface area contributed by atoms with Crippen LogP contribution in [0.1, 0.15) is 16.0 Å². The Morgan fingerprint density at radius 3 is 2.59 bits per heavy atom. The first-order chi connectivity index (χ1) is 18.1. The lowest BCUT2D eigenvalue weighted by atomic mass is 10.1. The molecule has 2 amide bonds. The van der Waals surface area contributed by atoms with Crippen LogP contribution in [0.25, 0.3) is 5.52 Å². The number of aromatic nitrogens is 2. The molecule has 5 rings (SSSR count). The predicted octanol–water partition coefficient (Wildman–Crippen LogP) is 6.48. The fourth-order valence-electron chi connectivity index (χ4n) is 3.92. The Morgan fingerprint density at radius 2 is 1.86 bits per heavy atom. The highest BCUT2D eigenvalue weighted by molar-refractivity contribution is 7.09. The molecule has 8 nitrogen and oxygen atoms in total. The minimum absolute atomic E-state index is 0.292. The van der Waals surface area contributed by atoms with Crippen LogP contribution in [0.5, 0.6) is 11.5 Å². The highest BCUT2D eigenvalue weighted by atomic mass is 32.1. The van der Waals surface area contributed by atoms with Crippen molar-refractivity contribution in [3.05, 3.63) is 101 Å². The topological polar surface area (TPSA) is 103 Å². The third-order valence-corrected chi connectivity index (χ3v) is 6.70. The molecule has 0 aliphatic carbocycles. The van der Waals surface area contributed by atoms with Gasteiger partial charge in [-0.1, -0.05) is 24.3 Å². The molecule has 37 heavy (non-hydrogen) atoms. The Labute approximate surface area is 218 Å². The van der Waals surface area contributed by atoms with Crippen LogP contribution in [0.15, 0.2) is 84.5 Å². The number of nitrogens with one attached hydrogen (secondary N) is 3. The lowest BCUT2D eigenvalue weighted by molar-refractivity contribution is 0.252. The second-order valence-electron chi connectivity index (χ2n) is 8.28. The number of benzene rings is 2. The van der Waals surface area contributed by atoms with E-state index in [9.17, 15) is 10.1 Å². The van der Waals surface area contributed by atoms with E-state index < -0.39 is 0 Å². The van der Waals surface area contributed by atoms with Crippen molar-refractivity contribution in [1.29, 1.82) is 5.26 Å². The molecule has 184 valence electrons. The molecular weight excluding hydrogens is 484 g/mol. The second kappa shape index (κ2) is 10.8. The quantitative estimate of drug-likeness (QED) is 0.223. The summed E-state index contributed by atoms with van der Waals surface area (Å²) in [6.45, 7) is 2.42. The Hall–Kier alpha value is -4.81. The number of rotatable bonds is 8. The maximum atomic E-state index is 12.5. The van der Waals surface area contributed by atoms with Crippen molar-refractivity contribution in [1.82, 2.24) is 14.9 Å². The van der Waals surface area contributed by atoms with Crippen LogP contribution < -0.4 is 20.7 Å². The summed E-state index contributed by atoms with van der Waals surface area (Å²) in [5.74, 6) is 1.46. The number of anilines is 3. The van der Waals surface area contributed by atoms with E-state index in [0.717, 1.165) is 23.4 Å². The molecule has 0 bridgehead atoms. The maximum absolute atomic E-state index is 12.5. The summed E-state index contributed by atoms with van der Waals surface area (Å²) >= 11 is 1.67. The van der Waals surface area contributed by atoms with Gasteiger partial charge in [0.25, 0.3) is 0 Å². The number of thiophene rings is 1. The molecule has 0 atom stereocenters. The van der Waals surface area contributed by atoms with Crippen molar-refractivity contribution in [2.45, 2.75) is 13.3 Å². The smallest absolute Gasteiger partial charge is 0.319 e. The molecule has 0 unspecified atom stereocenters.